The Labute approximate surface area is 185 Å². The topological polar surface area (TPSA) is 36.4 Å². The third-order valence-electron chi connectivity index (χ3n) is 5.08. The second kappa shape index (κ2) is 9.94. The van der Waals surface area contributed by atoms with Gasteiger partial charge in [0, 0.05) is 28.6 Å². The van der Waals surface area contributed by atoms with Crippen molar-refractivity contribution in [2.24, 2.45) is 0 Å². The minimum Gasteiger partial charge on any atom is -0.302 e. The quantitative estimate of drug-likeness (QED) is 0.398. The van der Waals surface area contributed by atoms with Crippen molar-refractivity contribution in [2.75, 3.05) is 37.3 Å². The predicted octanol–water partition coefficient (Wildman–Crippen LogP) is 5.97. The van der Waals surface area contributed by atoms with Crippen LogP contribution in [0.2, 0.25) is 5.02 Å². The summed E-state index contributed by atoms with van der Waals surface area (Å²) in [5, 5.41) is 1.42. The Morgan fingerprint density at radius 2 is 1.79 bits per heavy atom. The molecule has 0 radical (unpaired) electrons. The van der Waals surface area contributed by atoms with Gasteiger partial charge in [-0.15, -0.1) is 11.8 Å². The molecule has 0 fully saturated rings. The van der Waals surface area contributed by atoms with Crippen molar-refractivity contribution in [1.82, 2.24) is 9.88 Å². The maximum absolute atomic E-state index is 13.4. The second-order valence-corrected chi connectivity index (χ2v) is 9.02. The third kappa shape index (κ3) is 4.94. The van der Waals surface area contributed by atoms with E-state index in [-0.39, 0.29) is 5.91 Å². The highest BCUT2D eigenvalue weighted by atomic mass is 35.5. The van der Waals surface area contributed by atoms with Crippen LogP contribution in [0.1, 0.15) is 29.8 Å². The van der Waals surface area contributed by atoms with Gasteiger partial charge in [-0.2, -0.15) is 0 Å². The number of aromatic nitrogens is 1. The molecular formula is C22H26ClN3OS2. The van der Waals surface area contributed by atoms with Crippen LogP contribution in [0.25, 0.3) is 10.2 Å². The van der Waals surface area contributed by atoms with Crippen LogP contribution in [0.4, 0.5) is 5.13 Å². The number of halogens is 1. The van der Waals surface area contributed by atoms with Gasteiger partial charge in [-0.1, -0.05) is 36.8 Å². The van der Waals surface area contributed by atoms with Gasteiger partial charge >= 0.3 is 0 Å². The van der Waals surface area contributed by atoms with E-state index in [1.165, 1.54) is 11.3 Å². The summed E-state index contributed by atoms with van der Waals surface area (Å²) in [5.74, 6) is -0.0207. The van der Waals surface area contributed by atoms with Crippen LogP contribution < -0.4 is 4.90 Å². The number of carbonyl (C=O) groups is 1. The molecule has 4 nitrogen and oxygen atoms in total. The van der Waals surface area contributed by atoms with Gasteiger partial charge in [0.2, 0.25) is 0 Å². The molecule has 0 N–H and O–H groups in total. The fourth-order valence-electron chi connectivity index (χ4n) is 3.16. The Balaban J connectivity index is 1.97. The summed E-state index contributed by atoms with van der Waals surface area (Å²) >= 11 is 9.48. The molecule has 1 aromatic heterocycles. The fourth-order valence-corrected chi connectivity index (χ4v) is 4.77. The van der Waals surface area contributed by atoms with Crippen LogP contribution in [0.15, 0.2) is 41.3 Å². The molecule has 0 spiro atoms. The number of rotatable bonds is 8. The van der Waals surface area contributed by atoms with Crippen LogP contribution >= 0.6 is 34.7 Å². The molecule has 0 saturated heterocycles. The van der Waals surface area contributed by atoms with Crippen LogP contribution in [0.5, 0.6) is 0 Å². The lowest BCUT2D eigenvalue weighted by Crippen LogP contribution is -2.38. The molecule has 7 heteroatoms. The van der Waals surface area contributed by atoms with Crippen molar-refractivity contribution in [2.45, 2.75) is 25.7 Å². The number of fused-ring (bicyclic) bond motifs is 1. The zero-order valence-electron chi connectivity index (χ0n) is 17.2. The van der Waals surface area contributed by atoms with E-state index in [4.69, 9.17) is 16.6 Å². The summed E-state index contributed by atoms with van der Waals surface area (Å²) in [7, 11) is 0. The highest BCUT2D eigenvalue weighted by molar-refractivity contribution is 7.98. The van der Waals surface area contributed by atoms with Crippen molar-refractivity contribution in [3.05, 3.63) is 52.5 Å². The molecule has 1 heterocycles. The van der Waals surface area contributed by atoms with Crippen molar-refractivity contribution in [3.63, 3.8) is 0 Å². The van der Waals surface area contributed by atoms with Crippen LogP contribution in [0.3, 0.4) is 0 Å². The summed E-state index contributed by atoms with van der Waals surface area (Å²) < 4.78 is 1.04. The van der Waals surface area contributed by atoms with Crippen LogP contribution in [-0.4, -0.2) is 48.2 Å². The lowest BCUT2D eigenvalue weighted by Gasteiger charge is -2.24. The molecular weight excluding hydrogens is 422 g/mol. The number of amides is 1. The Bertz CT molecular complexity index is 984. The predicted molar refractivity (Wildman–Crippen MR) is 127 cm³/mol. The maximum atomic E-state index is 13.4. The van der Waals surface area contributed by atoms with Crippen molar-refractivity contribution >= 4 is 56.0 Å². The van der Waals surface area contributed by atoms with E-state index in [0.717, 1.165) is 45.4 Å². The van der Waals surface area contributed by atoms with Gasteiger partial charge in [0.15, 0.2) is 5.13 Å². The van der Waals surface area contributed by atoms with Gasteiger partial charge in [-0.05, 0) is 68.2 Å². The first kappa shape index (κ1) is 22.1. The molecule has 3 rings (SSSR count). The van der Waals surface area contributed by atoms with Crippen molar-refractivity contribution in [1.29, 1.82) is 0 Å². The van der Waals surface area contributed by atoms with E-state index < -0.39 is 0 Å². The van der Waals surface area contributed by atoms with Gasteiger partial charge in [-0.25, -0.2) is 4.98 Å². The molecule has 0 atom stereocenters. The Kier molecular flexibility index (Phi) is 7.57. The molecule has 0 unspecified atom stereocenters. The second-order valence-electron chi connectivity index (χ2n) is 6.73. The largest absolute Gasteiger partial charge is 0.302 e. The normalized spacial score (nSPS) is 11.4. The molecule has 2 aromatic carbocycles. The Morgan fingerprint density at radius 3 is 2.41 bits per heavy atom. The number of anilines is 1. The van der Waals surface area contributed by atoms with Gasteiger partial charge in [0.05, 0.1) is 10.2 Å². The Hall–Kier alpha value is -1.60. The molecule has 29 heavy (non-hydrogen) atoms. The van der Waals surface area contributed by atoms with E-state index in [1.54, 1.807) is 11.8 Å². The fraction of sp³-hybridized carbons (Fsp3) is 0.364. The number of benzene rings is 2. The molecule has 3 aromatic rings. The van der Waals surface area contributed by atoms with E-state index >= 15 is 0 Å². The summed E-state index contributed by atoms with van der Waals surface area (Å²) in [6.45, 7) is 9.55. The van der Waals surface area contributed by atoms with Gasteiger partial charge < -0.3 is 4.90 Å². The van der Waals surface area contributed by atoms with E-state index in [1.807, 2.05) is 54.5 Å². The molecule has 0 aliphatic carbocycles. The highest BCUT2D eigenvalue weighted by Crippen LogP contribution is 2.34. The molecule has 0 aliphatic heterocycles. The number of thiazole rings is 1. The van der Waals surface area contributed by atoms with Crippen molar-refractivity contribution in [3.8, 4) is 0 Å². The average molecular weight is 448 g/mol. The van der Waals surface area contributed by atoms with E-state index in [2.05, 4.69) is 18.7 Å². The van der Waals surface area contributed by atoms with Gasteiger partial charge in [-0.3, -0.25) is 9.69 Å². The third-order valence-corrected chi connectivity index (χ3v) is 7.28. The monoisotopic (exact) mass is 447 g/mol. The standard InChI is InChI=1S/C22H26ClN3OS2/c1-5-25(6-2)13-14-26(21(27)16-7-9-17(28-4)10-8-16)22-24-20-15(3)18(23)11-12-19(20)29-22/h7-12H,5-6,13-14H2,1-4H3. The first-order valence-corrected chi connectivity index (χ1v) is 12.1. The zero-order chi connectivity index (χ0) is 21.0. The SMILES string of the molecule is CCN(CC)CCN(C(=O)c1ccc(SC)cc1)c1nc2c(C)c(Cl)ccc2s1. The zero-order valence-corrected chi connectivity index (χ0v) is 19.6. The first-order chi connectivity index (χ1) is 14.0. The number of hydrogen-bond acceptors (Lipinski definition) is 5. The first-order valence-electron chi connectivity index (χ1n) is 9.72. The van der Waals surface area contributed by atoms with Crippen molar-refractivity contribution < 1.29 is 4.79 Å². The van der Waals surface area contributed by atoms with E-state index in [9.17, 15) is 4.79 Å². The van der Waals surface area contributed by atoms with Crippen LogP contribution in [-0.2, 0) is 0 Å². The maximum Gasteiger partial charge on any atom is 0.260 e. The molecule has 0 bridgehead atoms. The molecule has 0 aliphatic rings. The lowest BCUT2D eigenvalue weighted by atomic mass is 10.2. The number of thioether (sulfide) groups is 1. The average Bonchev–Trinajstić information content (AvgIpc) is 3.18. The summed E-state index contributed by atoms with van der Waals surface area (Å²) in [6, 6.07) is 11.6. The number of nitrogens with zero attached hydrogens (tertiary/aromatic N) is 3. The summed E-state index contributed by atoms with van der Waals surface area (Å²) in [6.07, 6.45) is 2.03. The minimum atomic E-state index is -0.0207. The van der Waals surface area contributed by atoms with Gasteiger partial charge in [0.25, 0.3) is 5.91 Å². The molecule has 154 valence electrons. The Morgan fingerprint density at radius 1 is 1.10 bits per heavy atom. The lowest BCUT2D eigenvalue weighted by molar-refractivity contribution is 0.0983. The highest BCUT2D eigenvalue weighted by Gasteiger charge is 2.22. The van der Waals surface area contributed by atoms with Gasteiger partial charge in [0.1, 0.15) is 0 Å². The number of likely N-dealkylation sites (N-methyl/N-ethyl adjacent to an activating group) is 1. The number of hydrogen-bond donors (Lipinski definition) is 0. The minimum absolute atomic E-state index is 0.0207. The van der Waals surface area contributed by atoms with E-state index in [0.29, 0.717) is 17.1 Å². The smallest absolute Gasteiger partial charge is 0.260 e. The summed E-state index contributed by atoms with van der Waals surface area (Å²) in [5.41, 5.74) is 2.50. The summed E-state index contributed by atoms with van der Waals surface area (Å²) in [4.78, 5) is 23.5. The number of aryl methyl sites for hydroxylation is 1. The molecule has 0 saturated carbocycles. The number of carbonyl (C=O) groups excluding carboxylic acids is 1. The van der Waals surface area contributed by atoms with Crippen LogP contribution in [0, 0.1) is 6.92 Å². The molecule has 1 amide bonds.